The number of para-hydroxylation sites is 1. The molecule has 1 N–H and O–H groups in total. The third kappa shape index (κ3) is 4.09. The fourth-order valence-electron chi connectivity index (χ4n) is 2.90. The maximum Gasteiger partial charge on any atom is 0.313 e. The highest BCUT2D eigenvalue weighted by atomic mass is 35.5. The molecule has 0 heterocycles. The minimum Gasteiger partial charge on any atom is -0.449 e. The Kier molecular flexibility index (Phi) is 5.19. The van der Waals surface area contributed by atoms with Gasteiger partial charge in [0.15, 0.2) is 0 Å². The number of hydrogen-bond donors (Lipinski definition) is 1. The van der Waals surface area contributed by atoms with Crippen molar-refractivity contribution in [3.63, 3.8) is 0 Å². The lowest BCUT2D eigenvalue weighted by Gasteiger charge is -2.13. The first kappa shape index (κ1) is 17.2. The summed E-state index contributed by atoms with van der Waals surface area (Å²) < 4.78 is 5.61. The largest absolute Gasteiger partial charge is 0.449 e. The van der Waals surface area contributed by atoms with Crippen LogP contribution in [0.2, 0.25) is 5.02 Å². The number of hydrogen-bond acceptors (Lipinski definition) is 4. The van der Waals surface area contributed by atoms with E-state index in [1.165, 1.54) is 18.2 Å². The maximum atomic E-state index is 12.3. The molecule has 7 heteroatoms. The van der Waals surface area contributed by atoms with Crippen molar-refractivity contribution in [3.05, 3.63) is 63.2 Å². The molecule has 1 aliphatic carbocycles. The molecule has 0 aliphatic heterocycles. The molecule has 0 aromatic heterocycles. The van der Waals surface area contributed by atoms with E-state index in [1.54, 1.807) is 24.3 Å². The number of halogens is 1. The summed E-state index contributed by atoms with van der Waals surface area (Å²) in [6.45, 7) is 0. The minimum absolute atomic E-state index is 0.0393. The van der Waals surface area contributed by atoms with E-state index < -0.39 is 4.92 Å². The number of nitro groups is 1. The van der Waals surface area contributed by atoms with E-state index in [1.807, 2.05) is 0 Å². The molecule has 6 nitrogen and oxygen atoms in total. The predicted octanol–water partition coefficient (Wildman–Crippen LogP) is 4.71. The van der Waals surface area contributed by atoms with Gasteiger partial charge in [0.05, 0.1) is 9.95 Å². The van der Waals surface area contributed by atoms with Gasteiger partial charge in [-0.3, -0.25) is 14.9 Å². The molecule has 0 atom stereocenters. The summed E-state index contributed by atoms with van der Waals surface area (Å²) in [5, 5.41) is 14.3. The number of nitrogens with one attached hydrogen (secondary N) is 1. The van der Waals surface area contributed by atoms with E-state index in [0.717, 1.165) is 25.7 Å². The number of carbonyl (C=O) groups excluding carboxylic acids is 1. The third-order valence-corrected chi connectivity index (χ3v) is 4.45. The molecular weight excluding hydrogens is 344 g/mol. The summed E-state index contributed by atoms with van der Waals surface area (Å²) in [6, 6.07) is 11.1. The van der Waals surface area contributed by atoms with Crippen molar-refractivity contribution in [2.24, 2.45) is 0 Å². The molecule has 0 spiro atoms. The Balaban J connectivity index is 1.80. The van der Waals surface area contributed by atoms with Gasteiger partial charge in [-0.25, -0.2) is 0 Å². The molecule has 0 unspecified atom stereocenters. The van der Waals surface area contributed by atoms with Crippen LogP contribution in [0.1, 0.15) is 36.0 Å². The third-order valence-electron chi connectivity index (χ3n) is 4.15. The average molecular weight is 361 g/mol. The number of ether oxygens (including phenoxy) is 1. The highest BCUT2D eigenvalue weighted by molar-refractivity contribution is 6.32. The monoisotopic (exact) mass is 360 g/mol. The van der Waals surface area contributed by atoms with Crippen molar-refractivity contribution >= 4 is 23.2 Å². The Labute approximate surface area is 149 Å². The zero-order valence-electron chi connectivity index (χ0n) is 13.4. The zero-order chi connectivity index (χ0) is 17.8. The Hall–Kier alpha value is -2.60. The number of carbonyl (C=O) groups is 1. The van der Waals surface area contributed by atoms with E-state index >= 15 is 0 Å². The van der Waals surface area contributed by atoms with Crippen molar-refractivity contribution in [1.29, 1.82) is 0 Å². The Morgan fingerprint density at radius 3 is 2.64 bits per heavy atom. The van der Waals surface area contributed by atoms with Crippen LogP contribution in [0, 0.1) is 10.1 Å². The Morgan fingerprint density at radius 2 is 1.92 bits per heavy atom. The molecule has 1 saturated carbocycles. The van der Waals surface area contributed by atoms with Crippen LogP contribution in [-0.2, 0) is 0 Å². The SMILES string of the molecule is O=C(NC1CCCC1)c1cccc(Oc2c(Cl)cccc2[N+](=O)[O-])c1. The molecule has 0 saturated heterocycles. The quantitative estimate of drug-likeness (QED) is 0.618. The molecular formula is C18H17ClN2O4. The van der Waals surface area contributed by atoms with Gasteiger partial charge in [-0.05, 0) is 37.1 Å². The number of rotatable bonds is 5. The van der Waals surface area contributed by atoms with E-state index in [0.29, 0.717) is 11.3 Å². The maximum absolute atomic E-state index is 12.3. The first-order valence-electron chi connectivity index (χ1n) is 8.06. The van der Waals surface area contributed by atoms with Gasteiger partial charge >= 0.3 is 5.69 Å². The molecule has 2 aromatic carbocycles. The molecule has 1 fully saturated rings. The van der Waals surface area contributed by atoms with E-state index in [4.69, 9.17) is 16.3 Å². The first-order chi connectivity index (χ1) is 12.0. The molecule has 130 valence electrons. The van der Waals surface area contributed by atoms with Crippen LogP contribution in [0.15, 0.2) is 42.5 Å². The van der Waals surface area contributed by atoms with Crippen LogP contribution < -0.4 is 10.1 Å². The molecule has 0 radical (unpaired) electrons. The van der Waals surface area contributed by atoms with Gasteiger partial charge in [-0.15, -0.1) is 0 Å². The van der Waals surface area contributed by atoms with Gasteiger partial charge in [-0.2, -0.15) is 0 Å². The smallest absolute Gasteiger partial charge is 0.313 e. The van der Waals surface area contributed by atoms with Crippen molar-refractivity contribution in [2.45, 2.75) is 31.7 Å². The van der Waals surface area contributed by atoms with Crippen LogP contribution in [0.5, 0.6) is 11.5 Å². The van der Waals surface area contributed by atoms with Gasteiger partial charge in [0.2, 0.25) is 5.75 Å². The minimum atomic E-state index is -0.558. The highest BCUT2D eigenvalue weighted by Gasteiger charge is 2.21. The van der Waals surface area contributed by atoms with Crippen LogP contribution >= 0.6 is 11.6 Å². The van der Waals surface area contributed by atoms with Crippen LogP contribution in [-0.4, -0.2) is 16.9 Å². The van der Waals surface area contributed by atoms with Gasteiger partial charge < -0.3 is 10.1 Å². The second-order valence-corrected chi connectivity index (χ2v) is 6.34. The lowest BCUT2D eigenvalue weighted by atomic mass is 10.1. The van der Waals surface area contributed by atoms with Crippen molar-refractivity contribution in [2.75, 3.05) is 0 Å². The Bertz CT molecular complexity index is 803. The normalized spacial score (nSPS) is 14.3. The van der Waals surface area contributed by atoms with E-state index in [-0.39, 0.29) is 28.4 Å². The van der Waals surface area contributed by atoms with Crippen LogP contribution in [0.25, 0.3) is 0 Å². The lowest BCUT2D eigenvalue weighted by Crippen LogP contribution is -2.32. The standard InChI is InChI=1S/C18H17ClN2O4/c19-15-9-4-10-16(21(23)24)17(15)25-14-8-3-5-12(11-14)18(22)20-13-6-1-2-7-13/h3-5,8-11,13H,1-2,6-7H2,(H,20,22). The predicted molar refractivity (Wildman–Crippen MR) is 94.3 cm³/mol. The number of amides is 1. The molecule has 1 amide bonds. The average Bonchev–Trinajstić information content (AvgIpc) is 3.09. The van der Waals surface area contributed by atoms with Crippen LogP contribution in [0.4, 0.5) is 5.69 Å². The van der Waals surface area contributed by atoms with Crippen molar-refractivity contribution in [1.82, 2.24) is 5.32 Å². The zero-order valence-corrected chi connectivity index (χ0v) is 14.2. The summed E-state index contributed by atoms with van der Waals surface area (Å²) in [6.07, 6.45) is 4.25. The summed E-state index contributed by atoms with van der Waals surface area (Å²) in [5.74, 6) is 0.101. The molecule has 1 aliphatic rings. The van der Waals surface area contributed by atoms with Crippen molar-refractivity contribution in [3.8, 4) is 11.5 Å². The van der Waals surface area contributed by atoms with Gasteiger partial charge in [-0.1, -0.05) is 36.6 Å². The topological polar surface area (TPSA) is 81.5 Å². The fourth-order valence-corrected chi connectivity index (χ4v) is 3.11. The van der Waals surface area contributed by atoms with Crippen molar-refractivity contribution < 1.29 is 14.5 Å². The second-order valence-electron chi connectivity index (χ2n) is 5.93. The molecule has 25 heavy (non-hydrogen) atoms. The first-order valence-corrected chi connectivity index (χ1v) is 8.44. The summed E-state index contributed by atoms with van der Waals surface area (Å²) in [5.41, 5.74) is 0.215. The number of nitrogens with zero attached hydrogens (tertiary/aromatic N) is 1. The van der Waals surface area contributed by atoms with Crippen LogP contribution in [0.3, 0.4) is 0 Å². The Morgan fingerprint density at radius 1 is 1.20 bits per heavy atom. The fraction of sp³-hybridized carbons (Fsp3) is 0.278. The second kappa shape index (κ2) is 7.53. The summed E-state index contributed by atoms with van der Waals surface area (Å²) >= 11 is 6.03. The molecule has 3 rings (SSSR count). The van der Waals surface area contributed by atoms with Gasteiger partial charge in [0.1, 0.15) is 5.75 Å². The lowest BCUT2D eigenvalue weighted by molar-refractivity contribution is -0.385. The highest BCUT2D eigenvalue weighted by Crippen LogP contribution is 2.37. The summed E-state index contributed by atoms with van der Waals surface area (Å²) in [7, 11) is 0. The van der Waals surface area contributed by atoms with E-state index in [2.05, 4.69) is 5.32 Å². The molecule has 0 bridgehead atoms. The number of nitro benzene ring substituents is 1. The number of benzene rings is 2. The van der Waals surface area contributed by atoms with Gasteiger partial charge in [0, 0.05) is 17.7 Å². The van der Waals surface area contributed by atoms with E-state index in [9.17, 15) is 14.9 Å². The summed E-state index contributed by atoms with van der Waals surface area (Å²) in [4.78, 5) is 22.9. The molecule has 2 aromatic rings. The van der Waals surface area contributed by atoms with Gasteiger partial charge in [0.25, 0.3) is 5.91 Å².